The highest BCUT2D eigenvalue weighted by Crippen LogP contribution is 2.45. The van der Waals surface area contributed by atoms with Gasteiger partial charge in [0.2, 0.25) is 0 Å². The molecule has 0 saturated carbocycles. The van der Waals surface area contributed by atoms with Gasteiger partial charge < -0.3 is 19.2 Å². The van der Waals surface area contributed by atoms with Crippen LogP contribution in [0, 0.1) is 0 Å². The fourth-order valence-electron chi connectivity index (χ4n) is 6.11. The van der Waals surface area contributed by atoms with Gasteiger partial charge in [-0.25, -0.2) is 0 Å². The molecule has 178 valence electrons. The van der Waals surface area contributed by atoms with Crippen molar-refractivity contribution in [3.63, 3.8) is 0 Å². The summed E-state index contributed by atoms with van der Waals surface area (Å²) < 4.78 is 0. The molecule has 0 N–H and O–H groups in total. The molecule has 0 unspecified atom stereocenters. The number of hydrogen-bond acceptors (Lipinski definition) is 4. The van der Waals surface area contributed by atoms with Crippen LogP contribution in [0.2, 0.25) is 0 Å². The molecule has 0 spiro atoms. The van der Waals surface area contributed by atoms with Crippen molar-refractivity contribution in [2.24, 2.45) is 0 Å². The molecule has 0 fully saturated rings. The minimum absolute atomic E-state index is 0.161. The van der Waals surface area contributed by atoms with Crippen LogP contribution in [-0.4, -0.2) is 14.0 Å². The zero-order valence-electron chi connectivity index (χ0n) is 20.8. The molecule has 0 saturated heterocycles. The summed E-state index contributed by atoms with van der Waals surface area (Å²) in [6.07, 6.45) is 12.8. The first kappa shape index (κ1) is 21.3. The lowest BCUT2D eigenvalue weighted by Crippen LogP contribution is -2.42. The third kappa shape index (κ3) is 3.13. The number of benzene rings is 4. The Balaban J connectivity index is 1.09. The highest BCUT2D eigenvalue weighted by molar-refractivity contribution is 6.77. The van der Waals surface area contributed by atoms with Gasteiger partial charge in [-0.1, -0.05) is 72.6 Å². The number of para-hydroxylation sites is 4. The van der Waals surface area contributed by atoms with E-state index in [9.17, 15) is 0 Å². The predicted molar refractivity (Wildman–Crippen MR) is 162 cm³/mol. The normalized spacial score (nSPS) is 16.2. The average molecular weight is 486 g/mol. The SMILES string of the molecule is C1=CB2N(C=C1)c1ccccc1N2c1ccc(-c2ccc(N3B4C=CC=CN4c4ccccc43)cc2)cc1. The molecular weight excluding hydrogens is 462 g/mol. The standard InChI is InChI=1S/C32H24B2N4/c1-3-11-31-29(9-1)35-23-7-5-21-33(35)37(31)27-17-13-25(14-18-27)26-15-19-28(20-16-26)38-32-12-4-2-10-30(32)36-24-8-6-22-34(36)38/h1-24H. The average Bonchev–Trinajstić information content (AvgIpc) is 3.51. The van der Waals surface area contributed by atoms with E-state index < -0.39 is 0 Å². The lowest BCUT2D eigenvalue weighted by Gasteiger charge is -2.27. The second kappa shape index (κ2) is 8.35. The third-order valence-electron chi connectivity index (χ3n) is 7.84. The van der Waals surface area contributed by atoms with Crippen LogP contribution in [0.4, 0.5) is 34.1 Å². The van der Waals surface area contributed by atoms with E-state index in [0.717, 1.165) is 0 Å². The van der Waals surface area contributed by atoms with Gasteiger partial charge in [-0.2, -0.15) is 0 Å². The van der Waals surface area contributed by atoms with Crippen molar-refractivity contribution in [3.8, 4) is 11.1 Å². The van der Waals surface area contributed by atoms with E-state index in [2.05, 4.69) is 165 Å². The van der Waals surface area contributed by atoms with Gasteiger partial charge in [-0.15, -0.1) is 0 Å². The number of hydrogen-bond donors (Lipinski definition) is 0. The van der Waals surface area contributed by atoms with E-state index in [-0.39, 0.29) is 14.0 Å². The van der Waals surface area contributed by atoms with Crippen molar-refractivity contribution in [3.05, 3.63) is 146 Å². The summed E-state index contributed by atoms with van der Waals surface area (Å²) >= 11 is 0. The van der Waals surface area contributed by atoms with Crippen LogP contribution >= 0.6 is 0 Å². The molecule has 0 atom stereocenters. The fraction of sp³-hybridized carbons (Fsp3) is 0. The first-order chi connectivity index (χ1) is 18.9. The van der Waals surface area contributed by atoms with Crippen molar-refractivity contribution < 1.29 is 0 Å². The van der Waals surface area contributed by atoms with Gasteiger partial charge in [0.1, 0.15) is 0 Å². The third-order valence-corrected chi connectivity index (χ3v) is 7.84. The van der Waals surface area contributed by atoms with Crippen molar-refractivity contribution in [2.75, 3.05) is 19.2 Å². The minimum atomic E-state index is 0.161. The molecule has 0 aliphatic carbocycles. The zero-order valence-corrected chi connectivity index (χ0v) is 20.8. The van der Waals surface area contributed by atoms with E-state index in [1.807, 2.05) is 0 Å². The summed E-state index contributed by atoms with van der Waals surface area (Å²) in [5.74, 6) is 4.50. The molecule has 4 heterocycles. The monoisotopic (exact) mass is 486 g/mol. The molecule has 0 amide bonds. The maximum absolute atomic E-state index is 2.41. The van der Waals surface area contributed by atoms with E-state index in [4.69, 9.17) is 0 Å². The summed E-state index contributed by atoms with van der Waals surface area (Å²) in [5.41, 5.74) is 9.76. The fourth-order valence-corrected chi connectivity index (χ4v) is 6.11. The Morgan fingerprint density at radius 1 is 0.395 bits per heavy atom. The van der Waals surface area contributed by atoms with E-state index in [0.29, 0.717) is 0 Å². The minimum Gasteiger partial charge on any atom is -0.367 e. The van der Waals surface area contributed by atoms with Crippen molar-refractivity contribution in [2.45, 2.75) is 0 Å². The smallest absolute Gasteiger partial charge is 0.367 e. The topological polar surface area (TPSA) is 13.0 Å². The number of nitrogens with zero attached hydrogens (tertiary/aromatic N) is 4. The summed E-state index contributed by atoms with van der Waals surface area (Å²) in [5, 5.41) is 0. The Morgan fingerprint density at radius 3 is 1.21 bits per heavy atom. The molecule has 8 rings (SSSR count). The quantitative estimate of drug-likeness (QED) is 0.278. The van der Waals surface area contributed by atoms with Gasteiger partial charge in [0, 0.05) is 11.4 Å². The van der Waals surface area contributed by atoms with Crippen LogP contribution < -0.4 is 19.2 Å². The second-order valence-electron chi connectivity index (χ2n) is 9.91. The first-order valence-corrected chi connectivity index (χ1v) is 13.1. The molecular formula is C32H24B2N4. The lowest BCUT2D eigenvalue weighted by atomic mass is 9.71. The van der Waals surface area contributed by atoms with Gasteiger partial charge in [-0.3, -0.25) is 0 Å². The number of anilines is 6. The van der Waals surface area contributed by atoms with E-state index in [1.165, 1.54) is 45.3 Å². The molecule has 38 heavy (non-hydrogen) atoms. The molecule has 4 aromatic rings. The Hall–Kier alpha value is -4.83. The lowest BCUT2D eigenvalue weighted by molar-refractivity contribution is 1.38. The van der Waals surface area contributed by atoms with Crippen LogP contribution in [-0.2, 0) is 0 Å². The second-order valence-corrected chi connectivity index (χ2v) is 9.91. The Kier molecular flexibility index (Phi) is 4.68. The summed E-state index contributed by atoms with van der Waals surface area (Å²) in [4.78, 5) is 9.48. The molecule has 4 aromatic carbocycles. The van der Waals surface area contributed by atoms with Crippen LogP contribution in [0.25, 0.3) is 11.1 Å². The van der Waals surface area contributed by atoms with E-state index in [1.54, 1.807) is 0 Å². The summed E-state index contributed by atoms with van der Waals surface area (Å²) in [6.45, 7) is 0.322. The van der Waals surface area contributed by atoms with Crippen molar-refractivity contribution >= 4 is 48.1 Å². The van der Waals surface area contributed by atoms with Gasteiger partial charge in [0.05, 0.1) is 22.7 Å². The highest BCUT2D eigenvalue weighted by Gasteiger charge is 2.40. The van der Waals surface area contributed by atoms with Gasteiger partial charge in [0.15, 0.2) is 0 Å². The summed E-state index contributed by atoms with van der Waals surface area (Å²) in [6, 6.07) is 35.1. The Morgan fingerprint density at radius 2 is 0.789 bits per heavy atom. The number of allylic oxidation sites excluding steroid dienone is 4. The molecule has 6 heteroatoms. The Bertz CT molecular complexity index is 1530. The first-order valence-electron chi connectivity index (χ1n) is 13.1. The predicted octanol–water partition coefficient (Wildman–Crippen LogP) is 7.49. The number of fused-ring (bicyclic) bond motifs is 6. The van der Waals surface area contributed by atoms with Gasteiger partial charge in [-0.05, 0) is 84.2 Å². The molecule has 4 aliphatic heterocycles. The maximum atomic E-state index is 2.41. The molecule has 4 aliphatic rings. The van der Waals surface area contributed by atoms with Gasteiger partial charge in [0.25, 0.3) is 0 Å². The molecule has 4 nitrogen and oxygen atoms in total. The largest absolute Gasteiger partial charge is 0.412 e. The number of rotatable bonds is 3. The van der Waals surface area contributed by atoms with Crippen LogP contribution in [0.3, 0.4) is 0 Å². The van der Waals surface area contributed by atoms with Crippen LogP contribution in [0.1, 0.15) is 0 Å². The zero-order chi connectivity index (χ0) is 25.1. The van der Waals surface area contributed by atoms with Crippen molar-refractivity contribution in [1.82, 2.24) is 0 Å². The summed E-state index contributed by atoms with van der Waals surface area (Å²) in [7, 11) is 0. The Labute approximate surface area is 224 Å². The highest BCUT2D eigenvalue weighted by atomic mass is 15.3. The van der Waals surface area contributed by atoms with Crippen molar-refractivity contribution in [1.29, 1.82) is 0 Å². The van der Waals surface area contributed by atoms with Gasteiger partial charge >= 0.3 is 14.0 Å². The van der Waals surface area contributed by atoms with E-state index >= 15 is 0 Å². The van der Waals surface area contributed by atoms with Crippen LogP contribution in [0.5, 0.6) is 0 Å². The molecule has 0 aromatic heterocycles. The van der Waals surface area contributed by atoms with Crippen LogP contribution in [0.15, 0.2) is 146 Å². The maximum Gasteiger partial charge on any atom is 0.412 e. The molecule has 0 radical (unpaired) electrons. The molecule has 0 bridgehead atoms.